The van der Waals surface area contributed by atoms with Crippen LogP contribution < -0.4 is 0 Å². The van der Waals surface area contributed by atoms with Crippen LogP contribution in [0.2, 0.25) is 0 Å². The third kappa shape index (κ3) is 91.1. The number of thiol groups is 1. The fourth-order valence-corrected chi connectivity index (χ4v) is 0. The van der Waals surface area contributed by atoms with Crippen LogP contribution >= 0.6 is 17.9 Å². The first-order chi connectivity index (χ1) is 4.27. The molecule has 4 nitrogen and oxygen atoms in total. The standard InChI is InChI=1S/C3H4O2.H3O2PS2/c1-2-3(4)5;1-3(2,4)5/h2H,1H2,(H,4,5);(H3,1,2,4,5). The fourth-order valence-electron chi connectivity index (χ4n) is 0. The minimum atomic E-state index is -3.11. The molecule has 0 bridgehead atoms. The van der Waals surface area contributed by atoms with Crippen molar-refractivity contribution in [2.24, 2.45) is 0 Å². The summed E-state index contributed by atoms with van der Waals surface area (Å²) in [5.74, 6) is -0.981. The van der Waals surface area contributed by atoms with Gasteiger partial charge in [-0.15, -0.1) is 0 Å². The molecule has 7 heteroatoms. The third-order valence-electron chi connectivity index (χ3n) is 0.175. The Morgan fingerprint density at radius 1 is 1.70 bits per heavy atom. The van der Waals surface area contributed by atoms with E-state index in [2.05, 4.69) is 30.6 Å². The third-order valence-corrected chi connectivity index (χ3v) is 0.175. The molecule has 0 aromatic carbocycles. The van der Waals surface area contributed by atoms with Crippen molar-refractivity contribution in [1.29, 1.82) is 0 Å². The van der Waals surface area contributed by atoms with Gasteiger partial charge in [0.25, 0.3) is 0 Å². The topological polar surface area (TPSA) is 77.8 Å². The van der Waals surface area contributed by atoms with E-state index in [0.29, 0.717) is 0 Å². The molecule has 0 spiro atoms. The monoisotopic (exact) mass is 202 g/mol. The summed E-state index contributed by atoms with van der Waals surface area (Å²) in [5, 5.41) is 7.60. The summed E-state index contributed by atoms with van der Waals surface area (Å²) in [5.41, 5.74) is -3.11. The lowest BCUT2D eigenvalue weighted by atomic mass is 10.7. The van der Waals surface area contributed by atoms with Crippen LogP contribution in [0.15, 0.2) is 12.7 Å². The largest absolute Gasteiger partial charge is 0.478 e. The number of aliphatic carboxylic acids is 1. The second kappa shape index (κ2) is 5.88. The van der Waals surface area contributed by atoms with E-state index in [1.165, 1.54) is 0 Å². The number of hydrogen-bond donors (Lipinski definition) is 4. The molecular weight excluding hydrogens is 195 g/mol. The molecule has 0 aliphatic carbocycles. The molecule has 0 atom stereocenters. The maximum Gasteiger partial charge on any atom is 0.327 e. The first-order valence-corrected chi connectivity index (χ1v) is 5.77. The molecule has 0 radical (unpaired) electrons. The first-order valence-electron chi connectivity index (χ1n) is 1.91. The van der Waals surface area contributed by atoms with Gasteiger partial charge >= 0.3 is 5.97 Å². The van der Waals surface area contributed by atoms with Gasteiger partial charge in [-0.25, -0.2) is 4.79 Å². The van der Waals surface area contributed by atoms with Crippen molar-refractivity contribution < 1.29 is 19.7 Å². The van der Waals surface area contributed by atoms with Gasteiger partial charge in [-0.1, -0.05) is 18.8 Å². The van der Waals surface area contributed by atoms with E-state index in [9.17, 15) is 4.79 Å². The summed E-state index contributed by atoms with van der Waals surface area (Å²) in [6.45, 7) is 2.96. The summed E-state index contributed by atoms with van der Waals surface area (Å²) in [6.07, 6.45) is 0.833. The van der Waals surface area contributed by atoms with E-state index < -0.39 is 11.7 Å². The van der Waals surface area contributed by atoms with E-state index in [1.807, 2.05) is 0 Å². The summed E-state index contributed by atoms with van der Waals surface area (Å²) in [7, 11) is 0. The molecule has 0 amide bonds. The first kappa shape index (κ1) is 12.8. The van der Waals surface area contributed by atoms with E-state index >= 15 is 0 Å². The van der Waals surface area contributed by atoms with Gasteiger partial charge in [0.05, 0.1) is 0 Å². The zero-order valence-corrected chi connectivity index (χ0v) is 7.44. The van der Waals surface area contributed by atoms with Crippen LogP contribution in [0, 0.1) is 0 Å². The van der Waals surface area contributed by atoms with Gasteiger partial charge in [0.1, 0.15) is 0 Å². The second-order valence-electron chi connectivity index (χ2n) is 1.06. The molecule has 10 heavy (non-hydrogen) atoms. The average molecular weight is 202 g/mol. The van der Waals surface area contributed by atoms with E-state index in [4.69, 9.17) is 14.9 Å². The summed E-state index contributed by atoms with van der Waals surface area (Å²) < 4.78 is 0. The second-order valence-corrected chi connectivity index (χ2v) is 6.09. The molecule has 0 aliphatic heterocycles. The SMILES string of the molecule is C=CC(=O)O.OP(O)(=S)S. The summed E-state index contributed by atoms with van der Waals surface area (Å²) in [6, 6.07) is 0. The predicted molar refractivity (Wildman–Crippen MR) is 45.5 cm³/mol. The van der Waals surface area contributed by atoms with E-state index in [0.717, 1.165) is 6.08 Å². The Morgan fingerprint density at radius 3 is 1.80 bits per heavy atom. The Balaban J connectivity index is 0. The summed E-state index contributed by atoms with van der Waals surface area (Å²) in [4.78, 5) is 25.0. The Bertz CT molecular complexity index is 154. The molecule has 0 aliphatic rings. The van der Waals surface area contributed by atoms with Crippen molar-refractivity contribution >= 4 is 35.7 Å². The maximum absolute atomic E-state index is 9.25. The Hall–Kier alpha value is 0.130. The van der Waals surface area contributed by atoms with Crippen LogP contribution in [-0.2, 0) is 16.6 Å². The van der Waals surface area contributed by atoms with Crippen LogP contribution in [0.1, 0.15) is 0 Å². The van der Waals surface area contributed by atoms with Crippen LogP contribution in [0.5, 0.6) is 0 Å². The lowest BCUT2D eigenvalue weighted by molar-refractivity contribution is -0.131. The molecule has 0 unspecified atom stereocenters. The average Bonchev–Trinajstić information content (AvgIpc) is 1.61. The van der Waals surface area contributed by atoms with E-state index in [-0.39, 0.29) is 0 Å². The normalized spacial score (nSPS) is 9.10. The van der Waals surface area contributed by atoms with Crippen LogP contribution in [0.4, 0.5) is 0 Å². The van der Waals surface area contributed by atoms with Crippen molar-refractivity contribution in [3.8, 4) is 0 Å². The highest BCUT2D eigenvalue weighted by Crippen LogP contribution is 2.39. The Kier molecular flexibility index (Phi) is 7.51. The molecule has 0 saturated heterocycles. The van der Waals surface area contributed by atoms with Gasteiger partial charge in [-0.05, 0) is 11.8 Å². The molecule has 0 fully saturated rings. The zero-order valence-electron chi connectivity index (χ0n) is 4.84. The van der Waals surface area contributed by atoms with Gasteiger partial charge in [-0.3, -0.25) is 0 Å². The molecule has 3 N–H and O–H groups in total. The predicted octanol–water partition coefficient (Wildman–Crippen LogP) is 0.382. The molecule has 60 valence electrons. The highest BCUT2D eigenvalue weighted by molar-refractivity contribution is 8.59. The number of carboxylic acids is 1. The molecule has 0 rings (SSSR count). The van der Waals surface area contributed by atoms with E-state index in [1.54, 1.807) is 0 Å². The molecule has 0 saturated carbocycles. The highest BCUT2D eigenvalue weighted by atomic mass is 32.9. The minimum absolute atomic E-state index is 0.833. The van der Waals surface area contributed by atoms with Gasteiger partial charge in [0.15, 0.2) is 0 Å². The molecule has 0 aromatic rings. The van der Waals surface area contributed by atoms with Crippen molar-refractivity contribution in [3.63, 3.8) is 0 Å². The summed E-state index contributed by atoms with van der Waals surface area (Å²) >= 11 is 7.07. The smallest absolute Gasteiger partial charge is 0.327 e. The number of carbonyl (C=O) groups is 1. The zero-order chi connectivity index (χ0) is 8.78. The van der Waals surface area contributed by atoms with Gasteiger partial charge in [0, 0.05) is 6.08 Å². The molecule has 0 heterocycles. The van der Waals surface area contributed by atoms with Crippen LogP contribution in [-0.4, -0.2) is 20.9 Å². The van der Waals surface area contributed by atoms with Crippen molar-refractivity contribution in [3.05, 3.63) is 12.7 Å². The van der Waals surface area contributed by atoms with Gasteiger partial charge < -0.3 is 14.9 Å². The van der Waals surface area contributed by atoms with Crippen molar-refractivity contribution in [1.82, 2.24) is 0 Å². The maximum atomic E-state index is 9.25. The highest BCUT2D eigenvalue weighted by Gasteiger charge is 1.90. The van der Waals surface area contributed by atoms with Crippen LogP contribution in [0.25, 0.3) is 0 Å². The van der Waals surface area contributed by atoms with Crippen molar-refractivity contribution in [2.75, 3.05) is 0 Å². The lowest BCUT2D eigenvalue weighted by Crippen LogP contribution is -1.82. The molecule has 0 aromatic heterocycles. The minimum Gasteiger partial charge on any atom is -0.478 e. The fraction of sp³-hybridized carbons (Fsp3) is 0. The number of carboxylic acid groups (broad SMARTS) is 1. The number of hydrogen-bond acceptors (Lipinski definition) is 2. The molecular formula is C3H7O4PS2. The van der Waals surface area contributed by atoms with Crippen LogP contribution in [0.3, 0.4) is 0 Å². The lowest BCUT2D eigenvalue weighted by Gasteiger charge is -1.88. The van der Waals surface area contributed by atoms with Gasteiger partial charge in [0.2, 0.25) is 5.69 Å². The van der Waals surface area contributed by atoms with Gasteiger partial charge in [-0.2, -0.15) is 0 Å². The Morgan fingerprint density at radius 2 is 1.80 bits per heavy atom. The van der Waals surface area contributed by atoms with Crippen molar-refractivity contribution in [2.45, 2.75) is 0 Å². The Labute approximate surface area is 68.5 Å². The quantitative estimate of drug-likeness (QED) is 0.281. The number of rotatable bonds is 1.